The molecule has 4 rings (SSSR count). The number of aliphatic hydroxyl groups excluding tert-OH is 1. The van der Waals surface area contributed by atoms with Crippen LogP contribution in [0.25, 0.3) is 16.7 Å². The van der Waals surface area contributed by atoms with Gasteiger partial charge >= 0.3 is 0 Å². The third kappa shape index (κ3) is 3.98. The van der Waals surface area contributed by atoms with Crippen molar-refractivity contribution in [3.05, 3.63) is 40.3 Å². The Bertz CT molecular complexity index is 1090. The number of aliphatic hydroxyl groups is 1. The highest BCUT2D eigenvalue weighted by atomic mass is 16.2. The summed E-state index contributed by atoms with van der Waals surface area (Å²) in [5.41, 5.74) is 8.62. The van der Waals surface area contributed by atoms with Crippen molar-refractivity contribution in [3.63, 3.8) is 0 Å². The molecule has 2 aromatic heterocycles. The fourth-order valence-corrected chi connectivity index (χ4v) is 5.39. The van der Waals surface area contributed by atoms with E-state index in [0.29, 0.717) is 12.5 Å². The monoisotopic (exact) mass is 418 g/mol. The van der Waals surface area contributed by atoms with Gasteiger partial charge in [0.2, 0.25) is 0 Å². The first-order valence-corrected chi connectivity index (χ1v) is 11.6. The summed E-state index contributed by atoms with van der Waals surface area (Å²) in [6, 6.07) is 4.52. The normalized spacial score (nSPS) is 15.2. The number of aryl methyl sites for hydroxylation is 4. The summed E-state index contributed by atoms with van der Waals surface area (Å²) in [4.78, 5) is 12.3. The van der Waals surface area contributed by atoms with Crippen molar-refractivity contribution >= 4 is 30.2 Å². The lowest BCUT2D eigenvalue weighted by molar-refractivity contribution is 0.261. The molecule has 164 valence electrons. The first-order valence-electron chi connectivity index (χ1n) is 11.6. The first-order chi connectivity index (χ1) is 14.8. The fraction of sp³-hybridized carbons (Fsp3) is 0.520. The molecule has 1 N–H and O–H groups in total. The maximum Gasteiger partial charge on any atom is 0.150 e. The van der Waals surface area contributed by atoms with Crippen LogP contribution in [-0.2, 0) is 0 Å². The van der Waals surface area contributed by atoms with Gasteiger partial charge in [0.15, 0.2) is 5.65 Å². The van der Waals surface area contributed by atoms with Crippen LogP contribution in [0.2, 0.25) is 0 Å². The SMILES string of the molecule is Bc1cc(C)c(-n2c(C)c(C)c3c(N4CCC(CCCO)CC4)nc(C)nc32)c(C)c1. The molecule has 1 aromatic carbocycles. The molecule has 0 radical (unpaired) electrons. The minimum atomic E-state index is 0.301. The van der Waals surface area contributed by atoms with Gasteiger partial charge in [-0.2, -0.15) is 0 Å². The molecule has 1 fully saturated rings. The molecule has 0 spiro atoms. The van der Waals surface area contributed by atoms with Gasteiger partial charge in [0.05, 0.1) is 11.1 Å². The molecular formula is C25H35BN4O. The quantitative estimate of drug-likeness (QED) is 0.647. The number of fused-ring (bicyclic) bond motifs is 1. The average molecular weight is 418 g/mol. The second-order valence-corrected chi connectivity index (χ2v) is 9.38. The molecule has 0 saturated carbocycles. The Balaban J connectivity index is 1.82. The van der Waals surface area contributed by atoms with Gasteiger partial charge in [-0.05, 0) is 82.9 Å². The molecule has 1 saturated heterocycles. The Labute approximate surface area is 186 Å². The zero-order valence-corrected chi connectivity index (χ0v) is 19.9. The highest BCUT2D eigenvalue weighted by molar-refractivity contribution is 6.32. The van der Waals surface area contributed by atoms with E-state index >= 15 is 0 Å². The van der Waals surface area contributed by atoms with E-state index in [2.05, 4.69) is 57.1 Å². The Morgan fingerprint density at radius 2 is 1.68 bits per heavy atom. The lowest BCUT2D eigenvalue weighted by Crippen LogP contribution is -2.34. The first kappa shape index (κ1) is 21.9. The highest BCUT2D eigenvalue weighted by Crippen LogP contribution is 2.36. The third-order valence-electron chi connectivity index (χ3n) is 6.99. The molecule has 1 aliphatic rings. The number of benzene rings is 1. The van der Waals surface area contributed by atoms with Crippen molar-refractivity contribution in [2.24, 2.45) is 5.92 Å². The van der Waals surface area contributed by atoms with Crippen LogP contribution in [0.4, 0.5) is 5.82 Å². The lowest BCUT2D eigenvalue weighted by atomic mass is 9.91. The molecule has 3 heterocycles. The van der Waals surface area contributed by atoms with Crippen molar-refractivity contribution in [2.45, 2.75) is 60.3 Å². The third-order valence-corrected chi connectivity index (χ3v) is 6.99. The van der Waals surface area contributed by atoms with Crippen molar-refractivity contribution < 1.29 is 5.11 Å². The van der Waals surface area contributed by atoms with Crippen LogP contribution in [0.15, 0.2) is 12.1 Å². The maximum absolute atomic E-state index is 9.15. The number of anilines is 1. The number of nitrogens with zero attached hydrogens (tertiary/aromatic N) is 4. The Hall–Kier alpha value is -2.34. The summed E-state index contributed by atoms with van der Waals surface area (Å²) >= 11 is 0. The van der Waals surface area contributed by atoms with Crippen LogP contribution in [0.5, 0.6) is 0 Å². The molecule has 0 amide bonds. The number of hydrogen-bond donors (Lipinski definition) is 1. The van der Waals surface area contributed by atoms with Gasteiger partial charge in [-0.1, -0.05) is 17.6 Å². The van der Waals surface area contributed by atoms with E-state index in [1.54, 1.807) is 0 Å². The van der Waals surface area contributed by atoms with Gasteiger partial charge in [0.1, 0.15) is 19.5 Å². The number of aromatic nitrogens is 3. The predicted octanol–water partition coefficient (Wildman–Crippen LogP) is 3.21. The maximum atomic E-state index is 9.15. The van der Waals surface area contributed by atoms with E-state index < -0.39 is 0 Å². The van der Waals surface area contributed by atoms with Crippen LogP contribution in [-0.4, -0.2) is 47.2 Å². The van der Waals surface area contributed by atoms with Gasteiger partial charge in [-0.25, -0.2) is 9.97 Å². The largest absolute Gasteiger partial charge is 0.396 e. The van der Waals surface area contributed by atoms with E-state index in [0.717, 1.165) is 43.2 Å². The Kier molecular flexibility index (Phi) is 6.11. The summed E-state index contributed by atoms with van der Waals surface area (Å²) in [6.07, 6.45) is 4.37. The predicted molar refractivity (Wildman–Crippen MR) is 132 cm³/mol. The molecule has 0 atom stereocenters. The van der Waals surface area contributed by atoms with Crippen LogP contribution < -0.4 is 10.4 Å². The molecule has 5 nitrogen and oxygen atoms in total. The van der Waals surface area contributed by atoms with Gasteiger partial charge in [0.25, 0.3) is 0 Å². The second-order valence-electron chi connectivity index (χ2n) is 9.38. The summed E-state index contributed by atoms with van der Waals surface area (Å²) in [6.45, 7) is 13.2. The van der Waals surface area contributed by atoms with E-state index in [9.17, 15) is 0 Å². The summed E-state index contributed by atoms with van der Waals surface area (Å²) in [7, 11) is 2.16. The number of piperidine rings is 1. The van der Waals surface area contributed by atoms with Gasteiger partial charge in [0, 0.05) is 25.4 Å². The van der Waals surface area contributed by atoms with E-state index in [1.165, 1.54) is 51.8 Å². The molecule has 3 aromatic rings. The van der Waals surface area contributed by atoms with E-state index in [1.807, 2.05) is 6.92 Å². The molecule has 1 aliphatic heterocycles. The van der Waals surface area contributed by atoms with Crippen molar-refractivity contribution in [2.75, 3.05) is 24.6 Å². The second kappa shape index (κ2) is 8.66. The molecule has 0 aliphatic carbocycles. The minimum Gasteiger partial charge on any atom is -0.396 e. The Morgan fingerprint density at radius 1 is 1.03 bits per heavy atom. The Morgan fingerprint density at radius 3 is 2.29 bits per heavy atom. The van der Waals surface area contributed by atoms with E-state index in [4.69, 9.17) is 15.1 Å². The highest BCUT2D eigenvalue weighted by Gasteiger charge is 2.26. The smallest absolute Gasteiger partial charge is 0.150 e. The number of rotatable bonds is 5. The zero-order chi connectivity index (χ0) is 22.3. The lowest BCUT2D eigenvalue weighted by Gasteiger charge is -2.33. The van der Waals surface area contributed by atoms with Crippen LogP contribution in [0, 0.1) is 40.5 Å². The van der Waals surface area contributed by atoms with Gasteiger partial charge < -0.3 is 10.0 Å². The molecular weight excluding hydrogens is 383 g/mol. The molecule has 31 heavy (non-hydrogen) atoms. The molecule has 0 unspecified atom stereocenters. The summed E-state index contributed by atoms with van der Waals surface area (Å²) in [5.74, 6) is 2.63. The van der Waals surface area contributed by atoms with E-state index in [-0.39, 0.29) is 0 Å². The topological polar surface area (TPSA) is 54.2 Å². The summed E-state index contributed by atoms with van der Waals surface area (Å²) < 4.78 is 2.35. The van der Waals surface area contributed by atoms with Crippen molar-refractivity contribution in [1.82, 2.24) is 14.5 Å². The van der Waals surface area contributed by atoms with Crippen LogP contribution >= 0.6 is 0 Å². The van der Waals surface area contributed by atoms with Crippen LogP contribution in [0.3, 0.4) is 0 Å². The summed E-state index contributed by atoms with van der Waals surface area (Å²) in [5, 5.41) is 10.3. The fourth-order valence-electron chi connectivity index (χ4n) is 5.39. The van der Waals surface area contributed by atoms with Crippen molar-refractivity contribution in [3.8, 4) is 5.69 Å². The standard InChI is InChI=1S/C25H35BN4O/c1-15-13-21(26)14-16(2)23(15)30-18(4)17(3)22-24(27-19(5)28-25(22)30)29-10-8-20(9-11-29)7-6-12-31/h13-14,20,31H,6-12,26H2,1-5H3. The van der Waals surface area contributed by atoms with Crippen LogP contribution in [0.1, 0.15) is 53.9 Å². The molecule has 0 bridgehead atoms. The zero-order valence-electron chi connectivity index (χ0n) is 19.9. The van der Waals surface area contributed by atoms with Crippen molar-refractivity contribution in [1.29, 1.82) is 0 Å². The number of hydrogen-bond acceptors (Lipinski definition) is 4. The van der Waals surface area contributed by atoms with Gasteiger partial charge in [-0.15, -0.1) is 0 Å². The minimum absolute atomic E-state index is 0.301. The van der Waals surface area contributed by atoms with Gasteiger partial charge in [-0.3, -0.25) is 4.57 Å². The average Bonchev–Trinajstić information content (AvgIpc) is 2.96. The molecule has 6 heteroatoms.